The molecular weight excluding hydrogens is 329 g/mol. The smallest absolute Gasteiger partial charge is 0.255 e. The van der Waals surface area contributed by atoms with E-state index in [0.717, 1.165) is 6.07 Å². The van der Waals surface area contributed by atoms with Crippen LogP contribution in [0.15, 0.2) is 41.3 Å². The van der Waals surface area contributed by atoms with Crippen LogP contribution in [0.4, 0.5) is 10.1 Å². The molecule has 0 aromatic heterocycles. The van der Waals surface area contributed by atoms with Crippen LogP contribution in [0, 0.1) is 5.82 Å². The fourth-order valence-electron chi connectivity index (χ4n) is 1.82. The van der Waals surface area contributed by atoms with Crippen molar-refractivity contribution in [1.29, 1.82) is 0 Å². The molecular formula is C15H13ClFNO3S. The van der Waals surface area contributed by atoms with Gasteiger partial charge in [-0.3, -0.25) is 9.00 Å². The predicted molar refractivity (Wildman–Crippen MR) is 84.7 cm³/mol. The number of nitrogens with one attached hydrogen (secondary N) is 1. The Morgan fingerprint density at radius 2 is 2.00 bits per heavy atom. The summed E-state index contributed by atoms with van der Waals surface area (Å²) in [5, 5.41) is 2.95. The first kappa shape index (κ1) is 16.5. The van der Waals surface area contributed by atoms with Crippen molar-refractivity contribution >= 4 is 34.0 Å². The average molecular weight is 342 g/mol. The summed E-state index contributed by atoms with van der Waals surface area (Å²) in [6.45, 7) is 0. The van der Waals surface area contributed by atoms with Gasteiger partial charge in [-0.15, -0.1) is 0 Å². The van der Waals surface area contributed by atoms with E-state index in [0.29, 0.717) is 16.3 Å². The normalized spacial score (nSPS) is 11.8. The molecule has 7 heteroatoms. The Balaban J connectivity index is 2.22. The zero-order valence-corrected chi connectivity index (χ0v) is 13.4. The number of anilines is 1. The van der Waals surface area contributed by atoms with Gasteiger partial charge >= 0.3 is 0 Å². The van der Waals surface area contributed by atoms with Crippen LogP contribution >= 0.6 is 11.6 Å². The van der Waals surface area contributed by atoms with E-state index in [9.17, 15) is 13.4 Å². The summed E-state index contributed by atoms with van der Waals surface area (Å²) in [6, 6.07) is 8.56. The van der Waals surface area contributed by atoms with Crippen molar-refractivity contribution in [3.8, 4) is 5.75 Å². The van der Waals surface area contributed by atoms with E-state index in [2.05, 4.69) is 5.32 Å². The first-order valence-electron chi connectivity index (χ1n) is 6.20. The van der Waals surface area contributed by atoms with E-state index in [-0.39, 0.29) is 10.6 Å². The number of amides is 1. The molecule has 0 unspecified atom stereocenters. The van der Waals surface area contributed by atoms with Gasteiger partial charge in [0, 0.05) is 17.5 Å². The highest BCUT2D eigenvalue weighted by Gasteiger charge is 2.12. The van der Waals surface area contributed by atoms with E-state index in [1.54, 1.807) is 6.07 Å². The Morgan fingerprint density at radius 3 is 2.59 bits per heavy atom. The highest BCUT2D eigenvalue weighted by molar-refractivity contribution is 7.84. The fraction of sp³-hybridized carbons (Fsp3) is 0.133. The topological polar surface area (TPSA) is 55.4 Å². The molecule has 2 aromatic carbocycles. The Hall–Kier alpha value is -1.92. The van der Waals surface area contributed by atoms with Crippen molar-refractivity contribution in [3.05, 3.63) is 52.8 Å². The lowest BCUT2D eigenvalue weighted by atomic mass is 10.2. The van der Waals surface area contributed by atoms with Crippen LogP contribution < -0.4 is 10.1 Å². The van der Waals surface area contributed by atoms with Crippen LogP contribution in [0.1, 0.15) is 10.4 Å². The molecule has 2 rings (SSSR count). The van der Waals surface area contributed by atoms with Crippen molar-refractivity contribution in [3.63, 3.8) is 0 Å². The third-order valence-electron chi connectivity index (χ3n) is 2.91. The Kier molecular flexibility index (Phi) is 5.15. The molecule has 0 fully saturated rings. The van der Waals surface area contributed by atoms with Gasteiger partial charge in [-0.1, -0.05) is 11.6 Å². The van der Waals surface area contributed by atoms with Gasteiger partial charge in [0.2, 0.25) is 0 Å². The van der Waals surface area contributed by atoms with Gasteiger partial charge < -0.3 is 10.1 Å². The second-order valence-electron chi connectivity index (χ2n) is 4.40. The number of hydrogen-bond donors (Lipinski definition) is 1. The van der Waals surface area contributed by atoms with Crippen LogP contribution in [0.2, 0.25) is 5.02 Å². The van der Waals surface area contributed by atoms with Gasteiger partial charge in [-0.2, -0.15) is 0 Å². The monoisotopic (exact) mass is 341 g/mol. The summed E-state index contributed by atoms with van der Waals surface area (Å²) in [7, 11) is 0.0229. The molecule has 2 aromatic rings. The van der Waals surface area contributed by atoms with Crippen molar-refractivity contribution < 1.29 is 18.1 Å². The van der Waals surface area contributed by atoms with E-state index in [1.165, 1.54) is 37.6 Å². The minimum atomic E-state index is -1.42. The maximum atomic E-state index is 13.7. The zero-order chi connectivity index (χ0) is 16.3. The van der Waals surface area contributed by atoms with Gasteiger partial charge in [0.1, 0.15) is 11.6 Å². The van der Waals surface area contributed by atoms with Crippen LogP contribution in [0.5, 0.6) is 5.75 Å². The Bertz CT molecular complexity index is 752. The average Bonchev–Trinajstić information content (AvgIpc) is 2.47. The van der Waals surface area contributed by atoms with Gasteiger partial charge in [0.05, 0.1) is 27.8 Å². The van der Waals surface area contributed by atoms with Gasteiger partial charge in [0.25, 0.3) is 5.91 Å². The van der Waals surface area contributed by atoms with Gasteiger partial charge in [0.15, 0.2) is 0 Å². The molecule has 0 bridgehead atoms. The highest BCUT2D eigenvalue weighted by Crippen LogP contribution is 2.25. The van der Waals surface area contributed by atoms with Crippen molar-refractivity contribution in [2.24, 2.45) is 0 Å². The van der Waals surface area contributed by atoms with Gasteiger partial charge in [-0.05, 0) is 36.4 Å². The summed E-state index contributed by atoms with van der Waals surface area (Å²) in [5.74, 6) is -0.690. The molecule has 0 aliphatic heterocycles. The molecule has 22 heavy (non-hydrogen) atoms. The van der Waals surface area contributed by atoms with Crippen LogP contribution in [0.25, 0.3) is 0 Å². The van der Waals surface area contributed by atoms with Crippen LogP contribution in [-0.4, -0.2) is 23.5 Å². The van der Waals surface area contributed by atoms with Gasteiger partial charge in [-0.25, -0.2) is 4.39 Å². The molecule has 116 valence electrons. The molecule has 1 N–H and O–H groups in total. The van der Waals surface area contributed by atoms with E-state index < -0.39 is 22.5 Å². The number of benzene rings is 2. The largest absolute Gasteiger partial charge is 0.495 e. The highest BCUT2D eigenvalue weighted by atomic mass is 35.5. The molecule has 1 atom stereocenters. The van der Waals surface area contributed by atoms with Crippen LogP contribution in [-0.2, 0) is 10.8 Å². The molecule has 0 heterocycles. The lowest BCUT2D eigenvalue weighted by molar-refractivity contribution is 0.102. The minimum absolute atomic E-state index is 0.0890. The molecule has 0 saturated heterocycles. The molecule has 0 aliphatic rings. The number of methoxy groups -OCH3 is 1. The second kappa shape index (κ2) is 6.89. The molecule has 0 spiro atoms. The van der Waals surface area contributed by atoms with Crippen molar-refractivity contribution in [2.45, 2.75) is 4.90 Å². The Labute approximate surface area is 134 Å². The predicted octanol–water partition coefficient (Wildman–Crippen LogP) is 3.48. The summed E-state index contributed by atoms with van der Waals surface area (Å²) in [4.78, 5) is 12.2. The Morgan fingerprint density at radius 1 is 1.27 bits per heavy atom. The summed E-state index contributed by atoms with van der Waals surface area (Å²) >= 11 is 5.89. The lowest BCUT2D eigenvalue weighted by Gasteiger charge is -2.09. The van der Waals surface area contributed by atoms with Crippen LogP contribution in [0.3, 0.4) is 0 Å². The third kappa shape index (κ3) is 3.64. The SMILES string of the molecule is COc1cc(C(=O)Nc2ccc([S@@](C)=O)c(F)c2)ccc1Cl. The lowest BCUT2D eigenvalue weighted by Crippen LogP contribution is -2.12. The summed E-state index contributed by atoms with van der Waals surface area (Å²) in [5.41, 5.74) is 0.593. The fourth-order valence-corrected chi connectivity index (χ4v) is 2.60. The molecule has 0 radical (unpaired) electrons. The number of hydrogen-bond acceptors (Lipinski definition) is 3. The van der Waals surface area contributed by atoms with Crippen molar-refractivity contribution in [2.75, 3.05) is 18.7 Å². The molecule has 0 aliphatic carbocycles. The summed E-state index contributed by atoms with van der Waals surface area (Å²) < 4.78 is 30.1. The number of rotatable bonds is 4. The molecule has 1 amide bonds. The number of carbonyl (C=O) groups is 1. The first-order chi connectivity index (χ1) is 10.4. The number of carbonyl (C=O) groups excluding carboxylic acids is 1. The maximum absolute atomic E-state index is 13.7. The quantitative estimate of drug-likeness (QED) is 0.926. The summed E-state index contributed by atoms with van der Waals surface area (Å²) in [6.07, 6.45) is 1.39. The van der Waals surface area contributed by atoms with E-state index in [4.69, 9.17) is 16.3 Å². The minimum Gasteiger partial charge on any atom is -0.495 e. The first-order valence-corrected chi connectivity index (χ1v) is 8.14. The van der Waals surface area contributed by atoms with Crippen molar-refractivity contribution in [1.82, 2.24) is 0 Å². The molecule has 0 saturated carbocycles. The third-order valence-corrected chi connectivity index (χ3v) is 4.18. The second-order valence-corrected chi connectivity index (χ2v) is 6.16. The maximum Gasteiger partial charge on any atom is 0.255 e. The number of ether oxygens (including phenoxy) is 1. The number of halogens is 2. The van der Waals surface area contributed by atoms with E-state index >= 15 is 0 Å². The van der Waals surface area contributed by atoms with E-state index in [1.807, 2.05) is 0 Å². The zero-order valence-electron chi connectivity index (χ0n) is 11.9. The standard InChI is InChI=1S/C15H13ClFNO3S/c1-21-13-7-9(3-5-11(13)16)15(19)18-10-4-6-14(22(2)20)12(17)8-10/h3-8H,1-2H3,(H,18,19)/t22-/m1/s1. The molecule has 4 nitrogen and oxygen atoms in total.